The normalized spacial score (nSPS) is 15.4. The van der Waals surface area contributed by atoms with E-state index in [1.54, 1.807) is 0 Å². The molecule has 0 aliphatic carbocycles. The number of carbonyl (C=O) groups is 1. The van der Waals surface area contributed by atoms with Crippen molar-refractivity contribution in [2.45, 2.75) is 118 Å². The molecule has 0 amide bonds. The third-order valence-electron chi connectivity index (χ3n) is 6.04. The molecule has 0 spiro atoms. The lowest BCUT2D eigenvalue weighted by Crippen LogP contribution is -2.47. The van der Waals surface area contributed by atoms with Crippen molar-refractivity contribution in [1.29, 1.82) is 5.26 Å². The molecule has 2 atom stereocenters. The molecule has 0 aliphatic rings. The minimum Gasteiger partial charge on any atom is -0.479 e. The number of carboxylic acid groups (broad SMARTS) is 1. The molecule has 0 heterocycles. The van der Waals surface area contributed by atoms with Gasteiger partial charge < -0.3 is 14.0 Å². The van der Waals surface area contributed by atoms with Gasteiger partial charge in [0, 0.05) is 0 Å². The van der Waals surface area contributed by atoms with E-state index in [0.717, 1.165) is 0 Å². The van der Waals surface area contributed by atoms with E-state index in [1.165, 1.54) is 0 Å². The summed E-state index contributed by atoms with van der Waals surface area (Å²) in [5.41, 5.74) is 0. The van der Waals surface area contributed by atoms with Crippen molar-refractivity contribution in [3.8, 4) is 6.07 Å². The quantitative estimate of drug-likeness (QED) is 0.442. The van der Waals surface area contributed by atoms with Crippen molar-refractivity contribution in [2.75, 3.05) is 0 Å². The lowest BCUT2D eigenvalue weighted by molar-refractivity contribution is -0.147. The Balaban J connectivity index is 0. The van der Waals surface area contributed by atoms with Crippen LogP contribution < -0.4 is 0 Å². The molecule has 172 valence electrons. The van der Waals surface area contributed by atoms with E-state index in [1.807, 2.05) is 27.7 Å². The van der Waals surface area contributed by atoms with Crippen LogP contribution in [-0.2, 0) is 13.6 Å². The molecule has 5 nitrogen and oxygen atoms in total. The molecule has 1 N–H and O–H groups in total. The largest absolute Gasteiger partial charge is 0.479 e. The molecule has 0 aliphatic heterocycles. The van der Waals surface area contributed by atoms with Crippen LogP contribution in [0.2, 0.25) is 36.3 Å². The summed E-state index contributed by atoms with van der Waals surface area (Å²) in [7, 11) is -3.75. The fourth-order valence-electron chi connectivity index (χ4n) is 1.77. The van der Waals surface area contributed by atoms with E-state index in [2.05, 4.69) is 73.8 Å². The molecule has 7 heteroatoms. The molecule has 2 unspecified atom stereocenters. The van der Waals surface area contributed by atoms with Crippen molar-refractivity contribution in [3.05, 3.63) is 0 Å². The van der Waals surface area contributed by atoms with Crippen LogP contribution in [0.15, 0.2) is 0 Å². The molecule has 0 fully saturated rings. The molecule has 29 heavy (non-hydrogen) atoms. The highest BCUT2D eigenvalue weighted by atomic mass is 28.4. The lowest BCUT2D eigenvalue weighted by atomic mass is 10.1. The topological polar surface area (TPSA) is 79.5 Å². The van der Waals surface area contributed by atoms with Crippen molar-refractivity contribution >= 4 is 22.6 Å². The van der Waals surface area contributed by atoms with Gasteiger partial charge in [-0.1, -0.05) is 69.2 Å². The average molecular weight is 446 g/mol. The van der Waals surface area contributed by atoms with E-state index in [-0.39, 0.29) is 28.0 Å². The Labute approximate surface area is 182 Å². The van der Waals surface area contributed by atoms with Crippen molar-refractivity contribution in [3.63, 3.8) is 0 Å². The first kappa shape index (κ1) is 30.5. The maximum atomic E-state index is 11.0. The maximum absolute atomic E-state index is 11.0. The van der Waals surface area contributed by atoms with E-state index >= 15 is 0 Å². The van der Waals surface area contributed by atoms with Gasteiger partial charge >= 0.3 is 5.97 Å². The SMILES string of the molecule is CC(C)C(C#N)O[Si](C)(C)C(C)(C)C.CC(C)C(O[Si](C)(C)C(C)(C)C)C(=O)O. The van der Waals surface area contributed by atoms with Crippen LogP contribution in [0.1, 0.15) is 69.2 Å². The van der Waals surface area contributed by atoms with E-state index in [9.17, 15) is 4.79 Å². The van der Waals surface area contributed by atoms with Gasteiger partial charge in [-0.05, 0) is 48.1 Å². The Kier molecular flexibility index (Phi) is 11.7. The highest BCUT2D eigenvalue weighted by molar-refractivity contribution is 6.74. The third kappa shape index (κ3) is 10.3. The van der Waals surface area contributed by atoms with Crippen LogP contribution in [0.25, 0.3) is 0 Å². The van der Waals surface area contributed by atoms with Crippen molar-refractivity contribution in [2.24, 2.45) is 11.8 Å². The zero-order chi connectivity index (χ0) is 24.0. The number of aliphatic carboxylic acids is 1. The average Bonchev–Trinajstić information content (AvgIpc) is 2.47. The second-order valence-corrected chi connectivity index (χ2v) is 21.1. The third-order valence-corrected chi connectivity index (χ3v) is 14.9. The number of nitrogens with zero attached hydrogens (tertiary/aromatic N) is 1. The fourth-order valence-corrected chi connectivity index (χ4v) is 4.45. The highest BCUT2D eigenvalue weighted by Gasteiger charge is 2.41. The molecule has 0 saturated heterocycles. The van der Waals surface area contributed by atoms with Gasteiger partial charge in [0.2, 0.25) is 0 Å². The predicted octanol–water partition coefficient (Wildman–Crippen LogP) is 6.67. The molecule has 0 aromatic rings. The molecule has 0 radical (unpaired) electrons. The van der Waals surface area contributed by atoms with Crippen LogP contribution in [0.3, 0.4) is 0 Å². The minimum atomic E-state index is -1.97. The van der Waals surface area contributed by atoms with Gasteiger partial charge in [-0.15, -0.1) is 0 Å². The summed E-state index contributed by atoms with van der Waals surface area (Å²) in [6.07, 6.45) is -0.929. The second-order valence-electron chi connectivity index (χ2n) is 11.6. The number of hydrogen-bond acceptors (Lipinski definition) is 4. The fraction of sp³-hybridized carbons (Fsp3) is 0.909. The van der Waals surface area contributed by atoms with Crippen LogP contribution in [0.4, 0.5) is 0 Å². The Morgan fingerprint density at radius 2 is 1.17 bits per heavy atom. The van der Waals surface area contributed by atoms with Gasteiger partial charge in [0.05, 0.1) is 6.07 Å². The van der Waals surface area contributed by atoms with Crippen LogP contribution in [0, 0.1) is 23.2 Å². The summed E-state index contributed by atoms with van der Waals surface area (Å²) in [4.78, 5) is 11.0. The number of carboxylic acids is 1. The number of rotatable bonds is 7. The molecular formula is C22H47NO4Si2. The molecular weight excluding hydrogens is 398 g/mol. The van der Waals surface area contributed by atoms with Gasteiger partial charge in [-0.2, -0.15) is 5.26 Å². The molecule has 0 rings (SSSR count). The summed E-state index contributed by atoms with van der Waals surface area (Å²) in [5.74, 6) is -0.569. The Morgan fingerprint density at radius 3 is 1.38 bits per heavy atom. The van der Waals surface area contributed by atoms with Gasteiger partial charge in [0.15, 0.2) is 16.6 Å². The standard InChI is InChI=1S/C11H23NOSi.C11H24O3Si/c1-9(2)10(8-12)13-14(6,7)11(3,4)5;1-8(2)9(10(12)13)14-15(6,7)11(3,4)5/h9-10H,1-7H3;8-9H,1-7H3,(H,12,13). The Bertz CT molecular complexity index is 553. The first-order chi connectivity index (χ1) is 12.6. The first-order valence-electron chi connectivity index (χ1n) is 10.6. The van der Waals surface area contributed by atoms with Gasteiger partial charge in [0.25, 0.3) is 0 Å². The van der Waals surface area contributed by atoms with Crippen LogP contribution >= 0.6 is 0 Å². The van der Waals surface area contributed by atoms with Gasteiger partial charge in [-0.25, -0.2) is 4.79 Å². The predicted molar refractivity (Wildman–Crippen MR) is 127 cm³/mol. The van der Waals surface area contributed by atoms with Gasteiger partial charge in [0.1, 0.15) is 12.2 Å². The smallest absolute Gasteiger partial charge is 0.331 e. The van der Waals surface area contributed by atoms with Gasteiger partial charge in [-0.3, -0.25) is 0 Å². The molecule has 0 bridgehead atoms. The zero-order valence-corrected chi connectivity index (χ0v) is 23.4. The molecule has 0 saturated carbocycles. The van der Waals surface area contributed by atoms with E-state index < -0.39 is 28.7 Å². The van der Waals surface area contributed by atoms with E-state index in [0.29, 0.717) is 0 Å². The number of nitriles is 1. The lowest BCUT2D eigenvalue weighted by Gasteiger charge is -2.39. The summed E-state index contributed by atoms with van der Waals surface area (Å²) < 4.78 is 11.9. The Hall–Kier alpha value is -0.686. The maximum Gasteiger partial charge on any atom is 0.331 e. The highest BCUT2D eigenvalue weighted by Crippen LogP contribution is 2.38. The van der Waals surface area contributed by atoms with Crippen LogP contribution in [-0.4, -0.2) is 39.9 Å². The Morgan fingerprint density at radius 1 is 0.828 bits per heavy atom. The molecule has 0 aromatic carbocycles. The van der Waals surface area contributed by atoms with Crippen molar-refractivity contribution in [1.82, 2.24) is 0 Å². The first-order valence-corrected chi connectivity index (χ1v) is 16.4. The second kappa shape index (κ2) is 11.1. The number of hydrogen-bond donors (Lipinski definition) is 1. The zero-order valence-electron chi connectivity index (χ0n) is 21.4. The van der Waals surface area contributed by atoms with E-state index in [4.69, 9.17) is 19.2 Å². The summed E-state index contributed by atoms with van der Waals surface area (Å²) in [6, 6.07) is 2.24. The van der Waals surface area contributed by atoms with Crippen molar-refractivity contribution < 1.29 is 18.8 Å². The minimum absolute atomic E-state index is 0.0108. The summed E-state index contributed by atoms with van der Waals surface area (Å²) in [5, 5.41) is 18.3. The monoisotopic (exact) mass is 445 g/mol. The summed E-state index contributed by atoms with van der Waals surface area (Å²) >= 11 is 0. The summed E-state index contributed by atoms with van der Waals surface area (Å²) in [6.45, 7) is 29.2. The molecule has 0 aromatic heterocycles. The van der Waals surface area contributed by atoms with Crippen LogP contribution in [0.5, 0.6) is 0 Å².